The Balaban J connectivity index is 1.60. The van der Waals surface area contributed by atoms with E-state index in [-0.39, 0.29) is 17.9 Å². The lowest BCUT2D eigenvalue weighted by atomic mass is 9.99. The van der Waals surface area contributed by atoms with E-state index in [1.165, 1.54) is 0 Å². The molecule has 2 aliphatic heterocycles. The lowest BCUT2D eigenvalue weighted by Gasteiger charge is -2.25. The Morgan fingerprint density at radius 3 is 3.05 bits per heavy atom. The van der Waals surface area contributed by atoms with Crippen LogP contribution in [-0.4, -0.2) is 34.1 Å². The topological polar surface area (TPSA) is 68.5 Å². The molecular formula is C16H17N3O3. The molecule has 0 unspecified atom stereocenters. The molecule has 1 aromatic carbocycles. The molecule has 1 amide bonds. The zero-order chi connectivity index (χ0) is 15.1. The first-order valence-corrected chi connectivity index (χ1v) is 7.56. The van der Waals surface area contributed by atoms with Crippen LogP contribution in [0, 0.1) is 6.92 Å². The van der Waals surface area contributed by atoms with Crippen LogP contribution in [0.1, 0.15) is 42.1 Å². The Bertz CT molecular complexity index is 712. The van der Waals surface area contributed by atoms with Crippen molar-refractivity contribution < 1.29 is 14.1 Å². The molecule has 0 aliphatic carbocycles. The Morgan fingerprint density at radius 1 is 1.36 bits per heavy atom. The first kappa shape index (κ1) is 13.3. The van der Waals surface area contributed by atoms with Gasteiger partial charge in [0, 0.05) is 19.0 Å². The number of aromatic nitrogens is 2. The van der Waals surface area contributed by atoms with Gasteiger partial charge in [-0.3, -0.25) is 4.79 Å². The van der Waals surface area contributed by atoms with Gasteiger partial charge in [0.2, 0.25) is 11.8 Å². The van der Waals surface area contributed by atoms with E-state index < -0.39 is 0 Å². The fourth-order valence-electron chi connectivity index (χ4n) is 3.32. The molecule has 3 heterocycles. The smallest absolute Gasteiger partial charge is 0.234 e. The highest BCUT2D eigenvalue weighted by atomic mass is 16.5. The third-order valence-electron chi connectivity index (χ3n) is 4.38. The highest BCUT2D eigenvalue weighted by Crippen LogP contribution is 2.38. The Labute approximate surface area is 128 Å². The van der Waals surface area contributed by atoms with Crippen molar-refractivity contribution in [1.82, 2.24) is 15.0 Å². The zero-order valence-electron chi connectivity index (χ0n) is 12.4. The first-order chi connectivity index (χ1) is 10.7. The minimum Gasteiger partial charge on any atom is -0.492 e. The third-order valence-corrected chi connectivity index (χ3v) is 4.38. The van der Waals surface area contributed by atoms with Crippen molar-refractivity contribution in [3.8, 4) is 5.75 Å². The Hall–Kier alpha value is -2.37. The molecule has 0 spiro atoms. The predicted molar refractivity (Wildman–Crippen MR) is 77.4 cm³/mol. The number of ether oxygens (including phenoxy) is 1. The molecule has 1 aromatic heterocycles. The SMILES string of the molecule is Cc1nc([C@H]2CCCN2C(=O)[C@@H]2COc3ccccc32)no1. The van der Waals surface area contributed by atoms with Crippen molar-refractivity contribution in [3.05, 3.63) is 41.5 Å². The first-order valence-electron chi connectivity index (χ1n) is 7.56. The standard InChI is InChI=1S/C16H17N3O3/c1-10-17-15(18-22-10)13-6-4-8-19(13)16(20)12-9-21-14-7-3-2-5-11(12)14/h2-3,5,7,12-13H,4,6,8-9H2,1H3/t12-,13-/m1/s1. The fourth-order valence-corrected chi connectivity index (χ4v) is 3.32. The van der Waals surface area contributed by atoms with Crippen LogP contribution in [-0.2, 0) is 4.79 Å². The molecule has 0 bridgehead atoms. The van der Waals surface area contributed by atoms with E-state index in [0.717, 1.165) is 30.7 Å². The van der Waals surface area contributed by atoms with Crippen molar-refractivity contribution in [3.63, 3.8) is 0 Å². The van der Waals surface area contributed by atoms with Gasteiger partial charge in [0.1, 0.15) is 18.3 Å². The van der Waals surface area contributed by atoms with E-state index in [2.05, 4.69) is 10.1 Å². The van der Waals surface area contributed by atoms with E-state index in [1.807, 2.05) is 29.2 Å². The maximum atomic E-state index is 13.0. The van der Waals surface area contributed by atoms with Gasteiger partial charge in [-0.2, -0.15) is 4.98 Å². The van der Waals surface area contributed by atoms with Crippen LogP contribution < -0.4 is 4.74 Å². The lowest BCUT2D eigenvalue weighted by molar-refractivity contribution is -0.134. The van der Waals surface area contributed by atoms with E-state index in [9.17, 15) is 4.79 Å². The molecule has 22 heavy (non-hydrogen) atoms. The molecule has 6 nitrogen and oxygen atoms in total. The van der Waals surface area contributed by atoms with Crippen molar-refractivity contribution in [2.24, 2.45) is 0 Å². The Kier molecular flexibility index (Phi) is 3.10. The van der Waals surface area contributed by atoms with Crippen LogP contribution in [0.4, 0.5) is 0 Å². The second kappa shape index (κ2) is 5.12. The second-order valence-electron chi connectivity index (χ2n) is 5.76. The van der Waals surface area contributed by atoms with Crippen molar-refractivity contribution in [2.45, 2.75) is 31.7 Å². The van der Waals surface area contributed by atoms with Gasteiger partial charge < -0.3 is 14.2 Å². The molecule has 0 radical (unpaired) electrons. The number of para-hydroxylation sites is 1. The summed E-state index contributed by atoms with van der Waals surface area (Å²) in [5, 5.41) is 3.99. The van der Waals surface area contributed by atoms with E-state index in [1.54, 1.807) is 6.92 Å². The maximum absolute atomic E-state index is 13.0. The molecule has 2 aliphatic rings. The molecule has 6 heteroatoms. The monoisotopic (exact) mass is 299 g/mol. The summed E-state index contributed by atoms with van der Waals surface area (Å²) in [5.74, 6) is 1.81. The van der Waals surface area contributed by atoms with Gasteiger partial charge in [0.15, 0.2) is 5.82 Å². The highest BCUT2D eigenvalue weighted by molar-refractivity contribution is 5.86. The van der Waals surface area contributed by atoms with Gasteiger partial charge in [-0.05, 0) is 18.9 Å². The molecule has 4 rings (SSSR count). The maximum Gasteiger partial charge on any atom is 0.234 e. The molecule has 0 saturated carbocycles. The van der Waals surface area contributed by atoms with Crippen molar-refractivity contribution in [1.29, 1.82) is 0 Å². The molecular weight excluding hydrogens is 282 g/mol. The summed E-state index contributed by atoms with van der Waals surface area (Å²) in [5.41, 5.74) is 0.974. The van der Waals surface area contributed by atoms with Gasteiger partial charge in [-0.25, -0.2) is 0 Å². The summed E-state index contributed by atoms with van der Waals surface area (Å²) in [7, 11) is 0. The van der Waals surface area contributed by atoms with Gasteiger partial charge >= 0.3 is 0 Å². The highest BCUT2D eigenvalue weighted by Gasteiger charge is 2.39. The Morgan fingerprint density at radius 2 is 2.23 bits per heavy atom. The number of nitrogens with zero attached hydrogens (tertiary/aromatic N) is 3. The average Bonchev–Trinajstić information content (AvgIpc) is 3.25. The number of hydrogen-bond acceptors (Lipinski definition) is 5. The molecule has 2 atom stereocenters. The van der Waals surface area contributed by atoms with Crippen LogP contribution in [0.15, 0.2) is 28.8 Å². The number of fused-ring (bicyclic) bond motifs is 1. The minimum atomic E-state index is -0.232. The number of benzene rings is 1. The number of likely N-dealkylation sites (tertiary alicyclic amines) is 1. The number of carbonyl (C=O) groups is 1. The normalized spacial score (nSPS) is 23.4. The summed E-state index contributed by atoms with van der Waals surface area (Å²) in [4.78, 5) is 19.1. The van der Waals surface area contributed by atoms with Crippen LogP contribution in [0.25, 0.3) is 0 Å². The average molecular weight is 299 g/mol. The third kappa shape index (κ3) is 2.06. The van der Waals surface area contributed by atoms with E-state index in [4.69, 9.17) is 9.26 Å². The van der Waals surface area contributed by atoms with Crippen molar-refractivity contribution in [2.75, 3.05) is 13.2 Å². The molecule has 0 N–H and O–H groups in total. The lowest BCUT2D eigenvalue weighted by Crippen LogP contribution is -2.35. The van der Waals surface area contributed by atoms with Gasteiger partial charge in [0.05, 0.1) is 6.04 Å². The quantitative estimate of drug-likeness (QED) is 0.850. The largest absolute Gasteiger partial charge is 0.492 e. The molecule has 1 saturated heterocycles. The van der Waals surface area contributed by atoms with E-state index >= 15 is 0 Å². The summed E-state index contributed by atoms with van der Waals surface area (Å²) < 4.78 is 10.7. The van der Waals surface area contributed by atoms with Gasteiger partial charge in [0.25, 0.3) is 0 Å². The predicted octanol–water partition coefficient (Wildman–Crippen LogP) is 2.22. The summed E-state index contributed by atoms with van der Waals surface area (Å²) in [6, 6.07) is 7.66. The van der Waals surface area contributed by atoms with Crippen LogP contribution in [0.2, 0.25) is 0 Å². The number of amides is 1. The second-order valence-corrected chi connectivity index (χ2v) is 5.76. The van der Waals surface area contributed by atoms with Gasteiger partial charge in [-0.1, -0.05) is 23.4 Å². The molecule has 2 aromatic rings. The zero-order valence-corrected chi connectivity index (χ0v) is 12.4. The van der Waals surface area contributed by atoms with Gasteiger partial charge in [-0.15, -0.1) is 0 Å². The number of aryl methyl sites for hydroxylation is 1. The van der Waals surface area contributed by atoms with Crippen LogP contribution in [0.5, 0.6) is 5.75 Å². The number of rotatable bonds is 2. The minimum absolute atomic E-state index is 0.0855. The molecule has 1 fully saturated rings. The molecule has 114 valence electrons. The van der Waals surface area contributed by atoms with Crippen LogP contribution >= 0.6 is 0 Å². The van der Waals surface area contributed by atoms with Crippen LogP contribution in [0.3, 0.4) is 0 Å². The fraction of sp³-hybridized carbons (Fsp3) is 0.438. The summed E-state index contributed by atoms with van der Waals surface area (Å²) in [6.45, 7) is 2.90. The van der Waals surface area contributed by atoms with E-state index in [0.29, 0.717) is 18.3 Å². The summed E-state index contributed by atoms with van der Waals surface area (Å²) in [6.07, 6.45) is 1.83. The number of hydrogen-bond donors (Lipinski definition) is 0. The summed E-state index contributed by atoms with van der Waals surface area (Å²) >= 11 is 0. The van der Waals surface area contributed by atoms with Crippen molar-refractivity contribution >= 4 is 5.91 Å². The number of carbonyl (C=O) groups excluding carboxylic acids is 1.